The summed E-state index contributed by atoms with van der Waals surface area (Å²) >= 11 is 0. The minimum Gasteiger partial charge on any atom is -0.481 e. The van der Waals surface area contributed by atoms with Crippen molar-refractivity contribution in [1.29, 1.82) is 0 Å². The fourth-order valence-electron chi connectivity index (χ4n) is 4.04. The van der Waals surface area contributed by atoms with Gasteiger partial charge in [0.15, 0.2) is 0 Å². The molecule has 2 atom stereocenters. The first-order valence-corrected chi connectivity index (χ1v) is 9.52. The summed E-state index contributed by atoms with van der Waals surface area (Å²) < 4.78 is 5.53. The van der Waals surface area contributed by atoms with E-state index in [1.54, 1.807) is 12.0 Å². The summed E-state index contributed by atoms with van der Waals surface area (Å²) in [4.78, 5) is 18.4. The Morgan fingerprint density at radius 1 is 1.24 bits per heavy atom. The summed E-state index contributed by atoms with van der Waals surface area (Å²) in [5.41, 5.74) is 4.11. The average molecular weight is 439 g/mol. The van der Waals surface area contributed by atoms with E-state index in [4.69, 9.17) is 4.74 Å². The maximum atomic E-state index is 12.0. The van der Waals surface area contributed by atoms with E-state index in [0.29, 0.717) is 37.4 Å². The molecule has 4 rings (SSSR count). The molecule has 0 saturated carbocycles. The number of methoxy groups -OCH3 is 1. The molecule has 0 bridgehead atoms. The molecule has 3 heterocycles. The van der Waals surface area contributed by atoms with Crippen LogP contribution in [0.25, 0.3) is 0 Å². The number of hydrogen-bond donors (Lipinski definition) is 2. The summed E-state index contributed by atoms with van der Waals surface area (Å²) in [6, 6.07) is 13.2. The van der Waals surface area contributed by atoms with Gasteiger partial charge in [0.25, 0.3) is 0 Å². The molecule has 0 aliphatic carbocycles. The summed E-state index contributed by atoms with van der Waals surface area (Å²) in [6.07, 6.45) is 2.24. The molecule has 1 aromatic heterocycles. The lowest BCUT2D eigenvalue weighted by Gasteiger charge is -2.27. The van der Waals surface area contributed by atoms with Gasteiger partial charge >= 0.3 is 0 Å². The third-order valence-corrected chi connectivity index (χ3v) is 5.56. The first-order chi connectivity index (χ1) is 13.2. The molecule has 2 aliphatic heterocycles. The quantitative estimate of drug-likeness (QED) is 0.750. The largest absolute Gasteiger partial charge is 0.481 e. The molecule has 0 unspecified atom stereocenters. The van der Waals surface area contributed by atoms with Crippen LogP contribution in [0.2, 0.25) is 0 Å². The second kappa shape index (κ2) is 10.3. The van der Waals surface area contributed by atoms with Crippen molar-refractivity contribution in [2.45, 2.75) is 37.9 Å². The van der Waals surface area contributed by atoms with Crippen molar-refractivity contribution in [1.82, 2.24) is 15.6 Å². The molecule has 158 valence electrons. The van der Waals surface area contributed by atoms with Crippen molar-refractivity contribution >= 4 is 36.4 Å². The Morgan fingerprint density at radius 3 is 2.72 bits per heavy atom. The Morgan fingerprint density at radius 2 is 2.00 bits per heavy atom. The number of amides is 1. The zero-order valence-electron chi connectivity index (χ0n) is 16.7. The minimum absolute atomic E-state index is 0. The Hall–Kier alpha value is -1.86. The van der Waals surface area contributed by atoms with Gasteiger partial charge in [0.1, 0.15) is 0 Å². The summed E-state index contributed by atoms with van der Waals surface area (Å²) in [5, 5.41) is 7.26. The number of aryl methyl sites for hydroxylation is 1. The van der Waals surface area contributed by atoms with Gasteiger partial charge in [-0.1, -0.05) is 30.3 Å². The number of anilines is 1. The van der Waals surface area contributed by atoms with E-state index >= 15 is 0 Å². The van der Waals surface area contributed by atoms with Crippen molar-refractivity contribution in [3.63, 3.8) is 0 Å². The molecule has 1 saturated heterocycles. The van der Waals surface area contributed by atoms with Gasteiger partial charge in [-0.05, 0) is 24.6 Å². The predicted octanol–water partition coefficient (Wildman–Crippen LogP) is 3.04. The second-order valence-corrected chi connectivity index (χ2v) is 7.19. The van der Waals surface area contributed by atoms with E-state index in [0.717, 1.165) is 29.9 Å². The van der Waals surface area contributed by atoms with Crippen LogP contribution in [-0.2, 0) is 17.8 Å². The highest BCUT2D eigenvalue weighted by atomic mass is 35.5. The molecular weight excluding hydrogens is 411 g/mol. The number of hydrogen-bond acceptors (Lipinski definition) is 5. The van der Waals surface area contributed by atoms with Crippen LogP contribution < -0.4 is 20.3 Å². The molecule has 1 amide bonds. The number of benzene rings is 1. The Labute approximate surface area is 184 Å². The SMILES string of the molecule is COc1nc2c(cc1CN[C@@H]1CCN[C@@H]1c1ccccc1)N(C)C(=O)CC2.Cl.Cl. The van der Waals surface area contributed by atoms with Crippen molar-refractivity contribution in [3.05, 3.63) is 53.2 Å². The smallest absolute Gasteiger partial charge is 0.227 e. The van der Waals surface area contributed by atoms with E-state index < -0.39 is 0 Å². The molecule has 8 heteroatoms. The van der Waals surface area contributed by atoms with Gasteiger partial charge in [-0.2, -0.15) is 0 Å². The number of aromatic nitrogens is 1. The second-order valence-electron chi connectivity index (χ2n) is 7.19. The number of fused-ring (bicyclic) bond motifs is 1. The van der Waals surface area contributed by atoms with E-state index in [-0.39, 0.29) is 30.7 Å². The van der Waals surface area contributed by atoms with E-state index in [1.807, 2.05) is 19.2 Å². The number of nitrogens with zero attached hydrogens (tertiary/aromatic N) is 2. The highest BCUT2D eigenvalue weighted by molar-refractivity contribution is 5.95. The number of pyridine rings is 1. The van der Waals surface area contributed by atoms with Crippen LogP contribution in [0.4, 0.5) is 5.69 Å². The van der Waals surface area contributed by atoms with Crippen molar-refractivity contribution in [3.8, 4) is 5.88 Å². The zero-order valence-corrected chi connectivity index (χ0v) is 18.3. The van der Waals surface area contributed by atoms with Gasteiger partial charge in [0, 0.05) is 44.1 Å². The van der Waals surface area contributed by atoms with Crippen LogP contribution >= 0.6 is 24.8 Å². The molecule has 6 nitrogen and oxygen atoms in total. The Bertz CT molecular complexity index is 835. The van der Waals surface area contributed by atoms with Gasteiger partial charge < -0.3 is 20.3 Å². The zero-order chi connectivity index (χ0) is 18.8. The monoisotopic (exact) mass is 438 g/mol. The number of halogens is 2. The number of ether oxygens (including phenoxy) is 1. The molecule has 2 N–H and O–H groups in total. The van der Waals surface area contributed by atoms with E-state index in [9.17, 15) is 4.79 Å². The first kappa shape index (κ1) is 23.4. The highest BCUT2D eigenvalue weighted by Gasteiger charge is 2.29. The lowest BCUT2D eigenvalue weighted by atomic mass is 10.0. The lowest BCUT2D eigenvalue weighted by Crippen LogP contribution is -2.35. The summed E-state index contributed by atoms with van der Waals surface area (Å²) in [6.45, 7) is 1.65. The predicted molar refractivity (Wildman–Crippen MR) is 119 cm³/mol. The maximum absolute atomic E-state index is 12.0. The van der Waals surface area contributed by atoms with Crippen molar-refractivity contribution in [2.75, 3.05) is 25.6 Å². The number of rotatable bonds is 5. The van der Waals surface area contributed by atoms with Gasteiger partial charge in [-0.25, -0.2) is 4.98 Å². The molecule has 29 heavy (non-hydrogen) atoms. The van der Waals surface area contributed by atoms with E-state index in [1.165, 1.54) is 5.56 Å². The summed E-state index contributed by atoms with van der Waals surface area (Å²) in [7, 11) is 3.47. The van der Waals surface area contributed by atoms with Crippen molar-refractivity contribution in [2.24, 2.45) is 0 Å². The highest BCUT2D eigenvalue weighted by Crippen LogP contribution is 2.31. The standard InChI is InChI=1S/C21H26N4O2.2ClH/c1-25-18-12-15(21(27-2)24-16(18)8-9-19(25)26)13-23-17-10-11-22-20(17)14-6-4-3-5-7-14;;/h3-7,12,17,20,22-23H,8-11,13H2,1-2H3;2*1H/t17-,20-;;/m1../s1. The molecule has 1 aromatic carbocycles. The van der Waals surface area contributed by atoms with Crippen LogP contribution in [0.1, 0.15) is 35.7 Å². The third kappa shape index (κ3) is 4.83. The molecule has 2 aromatic rings. The maximum Gasteiger partial charge on any atom is 0.227 e. The minimum atomic E-state index is 0. The third-order valence-electron chi connectivity index (χ3n) is 5.56. The average Bonchev–Trinajstić information content (AvgIpc) is 3.18. The van der Waals surface area contributed by atoms with Gasteiger partial charge in [0.2, 0.25) is 11.8 Å². The molecular formula is C21H28Cl2N4O2. The van der Waals surface area contributed by atoms with Crippen LogP contribution in [0.3, 0.4) is 0 Å². The molecule has 1 fully saturated rings. The van der Waals surface area contributed by atoms with Crippen LogP contribution in [-0.4, -0.2) is 37.6 Å². The van der Waals surface area contributed by atoms with E-state index in [2.05, 4.69) is 39.9 Å². The Kier molecular flexibility index (Phi) is 8.28. The number of carbonyl (C=O) groups excluding carboxylic acids is 1. The fourth-order valence-corrected chi connectivity index (χ4v) is 4.04. The topological polar surface area (TPSA) is 66.5 Å². The molecule has 2 aliphatic rings. The summed E-state index contributed by atoms with van der Waals surface area (Å²) in [5.74, 6) is 0.781. The van der Waals surface area contributed by atoms with Crippen LogP contribution in [0, 0.1) is 0 Å². The number of carbonyl (C=O) groups is 1. The first-order valence-electron chi connectivity index (χ1n) is 9.52. The van der Waals surface area contributed by atoms with Gasteiger partial charge in [-0.3, -0.25) is 4.79 Å². The van der Waals surface area contributed by atoms with Crippen LogP contribution in [0.5, 0.6) is 5.88 Å². The van der Waals surface area contributed by atoms with Gasteiger partial charge in [0.05, 0.1) is 18.5 Å². The number of nitrogens with one attached hydrogen (secondary N) is 2. The van der Waals surface area contributed by atoms with Crippen molar-refractivity contribution < 1.29 is 9.53 Å². The normalized spacial score (nSPS) is 20.5. The molecule has 0 radical (unpaired) electrons. The molecule has 0 spiro atoms. The van der Waals surface area contributed by atoms with Gasteiger partial charge in [-0.15, -0.1) is 24.8 Å². The lowest BCUT2D eigenvalue weighted by molar-refractivity contribution is -0.118. The van der Waals surface area contributed by atoms with Crippen LogP contribution in [0.15, 0.2) is 36.4 Å². The Balaban J connectivity index is 0.00000150. The fraction of sp³-hybridized carbons (Fsp3) is 0.429.